The highest BCUT2D eigenvalue weighted by Crippen LogP contribution is 2.32. The Bertz CT molecular complexity index is 418. The Hall–Kier alpha value is -1.10. The lowest BCUT2D eigenvalue weighted by Gasteiger charge is -2.40. The van der Waals surface area contributed by atoms with E-state index in [-0.39, 0.29) is 11.0 Å². The minimum absolute atomic E-state index is 0.0626. The summed E-state index contributed by atoms with van der Waals surface area (Å²) in [5.41, 5.74) is 1.33. The molecule has 0 aromatic heterocycles. The lowest BCUT2D eigenvalue weighted by Crippen LogP contribution is -2.51. The summed E-state index contributed by atoms with van der Waals surface area (Å²) in [5.74, 6) is 0.917. The molecule has 1 aromatic rings. The predicted molar refractivity (Wildman–Crippen MR) is 84.1 cm³/mol. The fourth-order valence-corrected chi connectivity index (χ4v) is 2.65. The van der Waals surface area contributed by atoms with Crippen molar-refractivity contribution >= 4 is 0 Å². The first-order chi connectivity index (χ1) is 10.7. The van der Waals surface area contributed by atoms with Crippen LogP contribution in [-0.2, 0) is 20.8 Å². The number of benzene rings is 1. The van der Waals surface area contributed by atoms with Gasteiger partial charge in [0.25, 0.3) is 0 Å². The average Bonchev–Trinajstić information content (AvgIpc) is 2.47. The summed E-state index contributed by atoms with van der Waals surface area (Å²) in [6.07, 6.45) is 2.09. The van der Waals surface area contributed by atoms with Crippen molar-refractivity contribution < 1.29 is 18.9 Å². The van der Waals surface area contributed by atoms with E-state index < -0.39 is 0 Å². The molecule has 2 aliphatic rings. The second kappa shape index (κ2) is 6.57. The Kier molecular flexibility index (Phi) is 4.71. The van der Waals surface area contributed by atoms with Crippen LogP contribution in [0, 0.1) is 5.41 Å². The molecule has 1 aromatic carbocycles. The Morgan fingerprint density at radius 1 is 0.955 bits per heavy atom. The molecule has 0 saturated carbocycles. The molecule has 4 heteroatoms. The molecule has 22 heavy (non-hydrogen) atoms. The molecule has 0 N–H and O–H groups in total. The molecule has 0 radical (unpaired) electrons. The van der Waals surface area contributed by atoms with Crippen LogP contribution in [0.5, 0.6) is 5.75 Å². The van der Waals surface area contributed by atoms with E-state index in [2.05, 4.69) is 26.0 Å². The van der Waals surface area contributed by atoms with Crippen LogP contribution in [0.1, 0.15) is 32.3 Å². The molecule has 122 valence electrons. The first kappa shape index (κ1) is 15.8. The summed E-state index contributed by atoms with van der Waals surface area (Å²) >= 11 is 0. The second-order valence-corrected chi connectivity index (χ2v) is 6.60. The molecule has 2 heterocycles. The van der Waals surface area contributed by atoms with Gasteiger partial charge in [-0.15, -0.1) is 0 Å². The molecule has 3 rings (SSSR count). The van der Waals surface area contributed by atoms with Gasteiger partial charge in [-0.1, -0.05) is 26.0 Å². The van der Waals surface area contributed by atoms with Crippen molar-refractivity contribution in [2.75, 3.05) is 33.0 Å². The van der Waals surface area contributed by atoms with Crippen LogP contribution in [0.25, 0.3) is 0 Å². The van der Waals surface area contributed by atoms with Gasteiger partial charge < -0.3 is 18.9 Å². The van der Waals surface area contributed by atoms with E-state index >= 15 is 0 Å². The van der Waals surface area contributed by atoms with Crippen molar-refractivity contribution in [3.63, 3.8) is 0 Å². The van der Waals surface area contributed by atoms with E-state index in [9.17, 15) is 0 Å². The number of ether oxygens (including phenoxy) is 4. The third-order valence-electron chi connectivity index (χ3n) is 4.95. The lowest BCUT2D eigenvalue weighted by molar-refractivity contribution is -0.216. The molecule has 0 spiro atoms. The zero-order valence-corrected chi connectivity index (χ0v) is 13.6. The average molecular weight is 306 g/mol. The summed E-state index contributed by atoms with van der Waals surface area (Å²) in [5, 5.41) is 0. The third kappa shape index (κ3) is 3.29. The van der Waals surface area contributed by atoms with Crippen LogP contribution in [-0.4, -0.2) is 38.6 Å². The van der Waals surface area contributed by atoms with Gasteiger partial charge in [-0.25, -0.2) is 0 Å². The van der Waals surface area contributed by atoms with Crippen LogP contribution in [0.3, 0.4) is 0 Å². The Morgan fingerprint density at radius 3 is 2.09 bits per heavy atom. The Labute approximate surface area is 132 Å². The molecule has 0 unspecified atom stereocenters. The van der Waals surface area contributed by atoms with Crippen LogP contribution < -0.4 is 4.74 Å². The van der Waals surface area contributed by atoms with Gasteiger partial charge in [-0.3, -0.25) is 0 Å². The molecule has 4 nitrogen and oxygen atoms in total. The van der Waals surface area contributed by atoms with E-state index in [4.69, 9.17) is 18.9 Å². The topological polar surface area (TPSA) is 36.9 Å². The van der Waals surface area contributed by atoms with Gasteiger partial charge in [0.2, 0.25) is 0 Å². The van der Waals surface area contributed by atoms with Gasteiger partial charge in [-0.05, 0) is 30.5 Å². The predicted octanol–water partition coefficient (Wildman–Crippen LogP) is 3.19. The number of rotatable bonds is 8. The zero-order chi connectivity index (χ0) is 15.5. The van der Waals surface area contributed by atoms with Crippen LogP contribution in [0.15, 0.2) is 24.3 Å². The molecule has 0 amide bonds. The van der Waals surface area contributed by atoms with Crippen molar-refractivity contribution in [1.82, 2.24) is 0 Å². The van der Waals surface area contributed by atoms with Gasteiger partial charge in [-0.2, -0.15) is 0 Å². The summed E-state index contributed by atoms with van der Waals surface area (Å²) in [6.45, 7) is 8.76. The molecule has 0 atom stereocenters. The van der Waals surface area contributed by atoms with Crippen molar-refractivity contribution in [3.8, 4) is 5.75 Å². The smallest absolute Gasteiger partial charge is 0.119 e. The van der Waals surface area contributed by atoms with Gasteiger partial charge in [0.1, 0.15) is 11.4 Å². The quantitative estimate of drug-likeness (QED) is 0.739. The highest BCUT2D eigenvalue weighted by molar-refractivity contribution is 5.27. The fourth-order valence-electron chi connectivity index (χ4n) is 2.65. The maximum Gasteiger partial charge on any atom is 0.119 e. The van der Waals surface area contributed by atoms with E-state index in [1.54, 1.807) is 0 Å². The molecule has 2 fully saturated rings. The van der Waals surface area contributed by atoms with Gasteiger partial charge >= 0.3 is 0 Å². The van der Waals surface area contributed by atoms with E-state index in [1.165, 1.54) is 5.56 Å². The highest BCUT2D eigenvalue weighted by Gasteiger charge is 2.38. The molecule has 0 bridgehead atoms. The standard InChI is InChI=1S/C18H26O4/c1-3-17(10-19-11-17)12-21-16-7-5-15(6-8-16)9-22-18(4-2)13-20-14-18/h5-8H,3-4,9-14H2,1-2H3. The zero-order valence-electron chi connectivity index (χ0n) is 13.6. The van der Waals surface area contributed by atoms with Crippen LogP contribution in [0.4, 0.5) is 0 Å². The SMILES string of the molecule is CCC1(COc2ccc(COC3(CC)COC3)cc2)COC1. The fraction of sp³-hybridized carbons (Fsp3) is 0.667. The second-order valence-electron chi connectivity index (χ2n) is 6.60. The van der Waals surface area contributed by atoms with Crippen molar-refractivity contribution in [3.05, 3.63) is 29.8 Å². The van der Waals surface area contributed by atoms with Gasteiger partial charge in [0.05, 0.1) is 45.1 Å². The summed E-state index contributed by atoms with van der Waals surface area (Å²) in [4.78, 5) is 0. The van der Waals surface area contributed by atoms with Crippen molar-refractivity contribution in [1.29, 1.82) is 0 Å². The van der Waals surface area contributed by atoms with Gasteiger partial charge in [0, 0.05) is 0 Å². The van der Waals surface area contributed by atoms with E-state index in [0.29, 0.717) is 19.8 Å². The number of hydrogen-bond donors (Lipinski definition) is 0. The lowest BCUT2D eigenvalue weighted by atomic mass is 9.84. The Balaban J connectivity index is 1.47. The van der Waals surface area contributed by atoms with Gasteiger partial charge in [0.15, 0.2) is 0 Å². The molecule has 2 aliphatic heterocycles. The first-order valence-corrected chi connectivity index (χ1v) is 8.20. The Morgan fingerprint density at radius 2 is 1.64 bits per heavy atom. The van der Waals surface area contributed by atoms with Crippen LogP contribution in [0.2, 0.25) is 0 Å². The molecular weight excluding hydrogens is 280 g/mol. The minimum Gasteiger partial charge on any atom is -0.493 e. The maximum atomic E-state index is 6.02. The number of hydrogen-bond acceptors (Lipinski definition) is 4. The summed E-state index contributed by atoms with van der Waals surface area (Å²) in [7, 11) is 0. The van der Waals surface area contributed by atoms with E-state index in [1.807, 2.05) is 12.1 Å². The van der Waals surface area contributed by atoms with Crippen molar-refractivity contribution in [2.24, 2.45) is 5.41 Å². The monoisotopic (exact) mass is 306 g/mol. The molecule has 2 saturated heterocycles. The minimum atomic E-state index is -0.0626. The highest BCUT2D eigenvalue weighted by atomic mass is 16.6. The summed E-state index contributed by atoms with van der Waals surface area (Å²) < 4.78 is 22.5. The largest absolute Gasteiger partial charge is 0.493 e. The third-order valence-corrected chi connectivity index (χ3v) is 4.95. The van der Waals surface area contributed by atoms with Crippen molar-refractivity contribution in [2.45, 2.75) is 38.9 Å². The molecule has 0 aliphatic carbocycles. The summed E-state index contributed by atoms with van der Waals surface area (Å²) in [6, 6.07) is 8.21. The van der Waals surface area contributed by atoms with Crippen LogP contribution >= 0.6 is 0 Å². The molecular formula is C18H26O4. The first-order valence-electron chi connectivity index (χ1n) is 8.20. The normalized spacial score (nSPS) is 21.7. The van der Waals surface area contributed by atoms with E-state index in [0.717, 1.165) is 38.4 Å². The maximum absolute atomic E-state index is 6.02.